The number of nitrogens with zero attached hydrogens (tertiary/aromatic N) is 2. The second kappa shape index (κ2) is 4.24. The smallest absolute Gasteiger partial charge is 0.283 e. The maximum absolute atomic E-state index is 12.6. The van der Waals surface area contributed by atoms with Crippen LogP contribution in [0.4, 0.5) is 11.4 Å². The summed E-state index contributed by atoms with van der Waals surface area (Å²) in [5, 5.41) is -0.0771. The Balaban J connectivity index is 2.11. The fourth-order valence-electron chi connectivity index (χ4n) is 2.28. The molecule has 19 heavy (non-hydrogen) atoms. The number of hydrogen-bond donors (Lipinski definition) is 1. The Hall–Kier alpha value is -2.08. The van der Waals surface area contributed by atoms with Gasteiger partial charge in [-0.05, 0) is 30.2 Å². The van der Waals surface area contributed by atoms with Crippen molar-refractivity contribution in [3.63, 3.8) is 0 Å². The molecule has 0 atom stereocenters. The topological polar surface area (TPSA) is 76.3 Å². The predicted octanol–water partition coefficient (Wildman–Crippen LogP) is 1.42. The molecule has 0 amide bonds. The minimum absolute atomic E-state index is 0.0771. The van der Waals surface area contributed by atoms with E-state index in [-0.39, 0.29) is 10.7 Å². The number of nitrogen functional groups attached to an aromatic ring is 1. The molecule has 0 bridgehead atoms. The summed E-state index contributed by atoms with van der Waals surface area (Å²) in [7, 11) is -3.69. The minimum Gasteiger partial charge on any atom is -0.396 e. The zero-order chi connectivity index (χ0) is 13.5. The first kappa shape index (κ1) is 12.0. The first-order valence-electron chi connectivity index (χ1n) is 5.92. The SMILES string of the molecule is Nc1cccnc1S(=O)(=O)N1CCc2ccccc21. The summed E-state index contributed by atoms with van der Waals surface area (Å²) in [6.45, 7) is 0.428. The lowest BCUT2D eigenvalue weighted by Crippen LogP contribution is -2.30. The van der Waals surface area contributed by atoms with Crippen molar-refractivity contribution in [3.8, 4) is 0 Å². The monoisotopic (exact) mass is 275 g/mol. The van der Waals surface area contributed by atoms with Crippen LogP contribution in [0.1, 0.15) is 5.56 Å². The largest absolute Gasteiger partial charge is 0.396 e. The number of sulfonamides is 1. The van der Waals surface area contributed by atoms with Crippen molar-refractivity contribution in [1.82, 2.24) is 4.98 Å². The number of pyridine rings is 1. The highest BCUT2D eigenvalue weighted by Gasteiger charge is 2.32. The molecule has 0 saturated heterocycles. The van der Waals surface area contributed by atoms with E-state index in [0.29, 0.717) is 18.7 Å². The Morgan fingerprint density at radius 2 is 1.95 bits per heavy atom. The van der Waals surface area contributed by atoms with Crippen LogP contribution in [-0.4, -0.2) is 19.9 Å². The lowest BCUT2D eigenvalue weighted by Gasteiger charge is -2.19. The molecule has 6 heteroatoms. The van der Waals surface area contributed by atoms with Crippen LogP contribution in [0.3, 0.4) is 0 Å². The van der Waals surface area contributed by atoms with E-state index < -0.39 is 10.0 Å². The molecule has 98 valence electrons. The van der Waals surface area contributed by atoms with Gasteiger partial charge in [0.1, 0.15) is 0 Å². The number of nitrogens with two attached hydrogens (primary N) is 1. The molecular formula is C13H13N3O2S. The van der Waals surface area contributed by atoms with Crippen LogP contribution >= 0.6 is 0 Å². The molecule has 0 saturated carbocycles. The Labute approximate surface area is 111 Å². The highest BCUT2D eigenvalue weighted by molar-refractivity contribution is 7.92. The van der Waals surface area contributed by atoms with Crippen molar-refractivity contribution in [3.05, 3.63) is 48.2 Å². The van der Waals surface area contributed by atoms with E-state index in [9.17, 15) is 8.42 Å². The number of anilines is 2. The van der Waals surface area contributed by atoms with Crippen LogP contribution in [0, 0.1) is 0 Å². The molecule has 0 unspecified atom stereocenters. The van der Waals surface area contributed by atoms with Gasteiger partial charge in [-0.3, -0.25) is 4.31 Å². The average molecular weight is 275 g/mol. The first-order chi connectivity index (χ1) is 9.10. The quantitative estimate of drug-likeness (QED) is 0.899. The Kier molecular flexibility index (Phi) is 2.67. The van der Waals surface area contributed by atoms with E-state index in [1.807, 2.05) is 18.2 Å². The van der Waals surface area contributed by atoms with Crippen molar-refractivity contribution in [2.45, 2.75) is 11.4 Å². The molecule has 0 fully saturated rings. The van der Waals surface area contributed by atoms with Crippen molar-refractivity contribution < 1.29 is 8.42 Å². The van der Waals surface area contributed by atoms with Gasteiger partial charge in [0.2, 0.25) is 0 Å². The van der Waals surface area contributed by atoms with Crippen LogP contribution in [-0.2, 0) is 16.4 Å². The standard InChI is InChI=1S/C13H13N3O2S/c14-11-5-3-8-15-13(11)19(17,18)16-9-7-10-4-1-2-6-12(10)16/h1-6,8H,7,9,14H2. The molecule has 1 aliphatic heterocycles. The van der Waals surface area contributed by atoms with Gasteiger partial charge < -0.3 is 5.73 Å². The molecule has 1 aromatic heterocycles. The summed E-state index contributed by atoms with van der Waals surface area (Å²) >= 11 is 0. The third-order valence-electron chi connectivity index (χ3n) is 3.18. The molecular weight excluding hydrogens is 262 g/mol. The van der Waals surface area contributed by atoms with E-state index >= 15 is 0 Å². The van der Waals surface area contributed by atoms with Crippen LogP contribution in [0.25, 0.3) is 0 Å². The third-order valence-corrected chi connectivity index (χ3v) is 4.97. The van der Waals surface area contributed by atoms with Crippen LogP contribution in [0.15, 0.2) is 47.6 Å². The maximum atomic E-state index is 12.6. The normalized spacial score (nSPS) is 14.4. The molecule has 0 aliphatic carbocycles. The van der Waals surface area contributed by atoms with E-state index in [0.717, 1.165) is 5.56 Å². The number of benzene rings is 1. The molecule has 3 rings (SSSR count). The molecule has 1 aromatic carbocycles. The molecule has 2 heterocycles. The van der Waals surface area contributed by atoms with Crippen molar-refractivity contribution in [2.24, 2.45) is 0 Å². The van der Waals surface area contributed by atoms with Crippen molar-refractivity contribution in [2.75, 3.05) is 16.6 Å². The van der Waals surface area contributed by atoms with Gasteiger partial charge in [-0.2, -0.15) is 8.42 Å². The maximum Gasteiger partial charge on any atom is 0.283 e. The van der Waals surface area contributed by atoms with Gasteiger partial charge in [-0.15, -0.1) is 0 Å². The van der Waals surface area contributed by atoms with Gasteiger partial charge in [0.05, 0.1) is 11.4 Å². The van der Waals surface area contributed by atoms with Gasteiger partial charge in [0.15, 0.2) is 5.03 Å². The predicted molar refractivity (Wildman–Crippen MR) is 73.3 cm³/mol. The number of fused-ring (bicyclic) bond motifs is 1. The molecule has 0 radical (unpaired) electrons. The zero-order valence-corrected chi connectivity index (χ0v) is 11.0. The van der Waals surface area contributed by atoms with Gasteiger partial charge in [0, 0.05) is 12.7 Å². The van der Waals surface area contributed by atoms with Crippen LogP contribution in [0.2, 0.25) is 0 Å². The second-order valence-electron chi connectivity index (χ2n) is 4.35. The summed E-state index contributed by atoms with van der Waals surface area (Å²) < 4.78 is 26.6. The van der Waals surface area contributed by atoms with Gasteiger partial charge in [-0.1, -0.05) is 18.2 Å². The van der Waals surface area contributed by atoms with E-state index in [1.54, 1.807) is 18.2 Å². The average Bonchev–Trinajstić information content (AvgIpc) is 2.83. The first-order valence-corrected chi connectivity index (χ1v) is 7.36. The lowest BCUT2D eigenvalue weighted by molar-refractivity contribution is 0.589. The Bertz CT molecular complexity index is 728. The highest BCUT2D eigenvalue weighted by Crippen LogP contribution is 2.33. The number of aromatic nitrogens is 1. The summed E-state index contributed by atoms with van der Waals surface area (Å²) in [5.41, 5.74) is 7.64. The second-order valence-corrected chi connectivity index (χ2v) is 6.13. The van der Waals surface area contributed by atoms with E-state index in [1.165, 1.54) is 10.5 Å². The lowest BCUT2D eigenvalue weighted by atomic mass is 10.2. The summed E-state index contributed by atoms with van der Waals surface area (Å²) in [6, 6.07) is 10.6. The number of rotatable bonds is 2. The summed E-state index contributed by atoms with van der Waals surface area (Å²) in [6.07, 6.45) is 2.15. The van der Waals surface area contributed by atoms with Gasteiger partial charge >= 0.3 is 0 Å². The Morgan fingerprint density at radius 1 is 1.16 bits per heavy atom. The molecule has 5 nitrogen and oxygen atoms in total. The molecule has 2 N–H and O–H groups in total. The summed E-state index contributed by atoms with van der Waals surface area (Å²) in [4.78, 5) is 3.91. The van der Waals surface area contributed by atoms with Gasteiger partial charge in [0.25, 0.3) is 10.0 Å². The third kappa shape index (κ3) is 1.84. The Morgan fingerprint density at radius 3 is 2.74 bits per heavy atom. The van der Waals surface area contributed by atoms with Gasteiger partial charge in [-0.25, -0.2) is 4.98 Å². The van der Waals surface area contributed by atoms with E-state index in [2.05, 4.69) is 4.98 Å². The molecule has 1 aliphatic rings. The fraction of sp³-hybridized carbons (Fsp3) is 0.154. The molecule has 2 aromatic rings. The number of hydrogen-bond acceptors (Lipinski definition) is 4. The van der Waals surface area contributed by atoms with Crippen molar-refractivity contribution >= 4 is 21.4 Å². The van der Waals surface area contributed by atoms with Crippen molar-refractivity contribution in [1.29, 1.82) is 0 Å². The number of para-hydroxylation sites is 1. The van der Waals surface area contributed by atoms with E-state index in [4.69, 9.17) is 5.73 Å². The minimum atomic E-state index is -3.69. The van der Waals surface area contributed by atoms with Crippen LogP contribution < -0.4 is 10.0 Å². The summed E-state index contributed by atoms with van der Waals surface area (Å²) in [5.74, 6) is 0. The zero-order valence-electron chi connectivity index (χ0n) is 10.2. The highest BCUT2D eigenvalue weighted by atomic mass is 32.2. The molecule has 0 spiro atoms. The fourth-order valence-corrected chi connectivity index (χ4v) is 3.82. The van der Waals surface area contributed by atoms with Crippen LogP contribution in [0.5, 0.6) is 0 Å².